The number of hydrogen-bond acceptors (Lipinski definition) is 2. The Hall–Kier alpha value is -0.620. The van der Waals surface area contributed by atoms with E-state index in [1.807, 2.05) is 6.07 Å². The van der Waals surface area contributed by atoms with E-state index in [2.05, 4.69) is 13.8 Å². The lowest BCUT2D eigenvalue weighted by Crippen LogP contribution is -2.36. The summed E-state index contributed by atoms with van der Waals surface area (Å²) in [6.07, 6.45) is 4.92. The monoisotopic (exact) mass is 255 g/mol. The lowest BCUT2D eigenvalue weighted by molar-refractivity contribution is 0.0148. The third-order valence-corrected chi connectivity index (χ3v) is 4.18. The predicted molar refractivity (Wildman–Crippen MR) is 70.7 cm³/mol. The van der Waals surface area contributed by atoms with Crippen LogP contribution in [0.15, 0.2) is 0 Å². The van der Waals surface area contributed by atoms with Gasteiger partial charge in [0.2, 0.25) is 0 Å². The van der Waals surface area contributed by atoms with E-state index in [4.69, 9.17) is 5.26 Å². The highest BCUT2D eigenvalue weighted by molar-refractivity contribution is 4.98. The van der Waals surface area contributed by atoms with Gasteiger partial charge in [0, 0.05) is 0 Å². The maximum Gasteiger partial charge on any atom is 0.119 e. The molecule has 3 heteroatoms. The van der Waals surface area contributed by atoms with Crippen molar-refractivity contribution >= 4 is 0 Å². The second-order valence-electron chi connectivity index (χ2n) is 5.90. The maximum atomic E-state index is 13.7. The van der Waals surface area contributed by atoms with Crippen molar-refractivity contribution < 1.29 is 9.50 Å². The van der Waals surface area contributed by atoms with Gasteiger partial charge < -0.3 is 5.11 Å². The molecule has 0 bridgehead atoms. The molecule has 5 atom stereocenters. The van der Waals surface area contributed by atoms with Crippen molar-refractivity contribution in [2.75, 3.05) is 0 Å². The summed E-state index contributed by atoms with van der Waals surface area (Å²) in [5.41, 5.74) is 0. The number of nitriles is 1. The van der Waals surface area contributed by atoms with Crippen LogP contribution in [0.3, 0.4) is 0 Å². The summed E-state index contributed by atoms with van der Waals surface area (Å²) in [6.45, 7) is 4.46. The highest BCUT2D eigenvalue weighted by atomic mass is 19.1. The minimum absolute atomic E-state index is 0.258. The summed E-state index contributed by atoms with van der Waals surface area (Å²) >= 11 is 0. The molecule has 1 N–H and O–H groups in total. The van der Waals surface area contributed by atoms with Gasteiger partial charge in [-0.2, -0.15) is 5.26 Å². The molecule has 0 saturated heterocycles. The fourth-order valence-corrected chi connectivity index (χ4v) is 3.09. The second-order valence-corrected chi connectivity index (χ2v) is 5.90. The van der Waals surface area contributed by atoms with Crippen LogP contribution in [0, 0.1) is 29.1 Å². The van der Waals surface area contributed by atoms with E-state index in [0.29, 0.717) is 12.8 Å². The van der Waals surface area contributed by atoms with Gasteiger partial charge in [0.25, 0.3) is 0 Å². The van der Waals surface area contributed by atoms with Crippen molar-refractivity contribution in [3.8, 4) is 6.07 Å². The zero-order valence-electron chi connectivity index (χ0n) is 11.6. The van der Waals surface area contributed by atoms with Gasteiger partial charge >= 0.3 is 0 Å². The summed E-state index contributed by atoms with van der Waals surface area (Å²) in [6, 6.07) is 1.89. The molecule has 0 aromatic rings. The predicted octanol–water partition coefficient (Wildman–Crippen LogP) is 3.84. The Morgan fingerprint density at radius 2 is 2.11 bits per heavy atom. The topological polar surface area (TPSA) is 44.0 Å². The average molecular weight is 255 g/mol. The fraction of sp³-hybridized carbons (Fsp3) is 0.933. The molecule has 5 unspecified atom stereocenters. The van der Waals surface area contributed by atoms with Crippen molar-refractivity contribution in [3.05, 3.63) is 0 Å². The molecule has 0 spiro atoms. The molecule has 0 aromatic heterocycles. The molecule has 0 aromatic carbocycles. The van der Waals surface area contributed by atoms with Gasteiger partial charge in [-0.25, -0.2) is 4.39 Å². The molecule has 1 aliphatic rings. The van der Waals surface area contributed by atoms with Crippen molar-refractivity contribution in [1.29, 1.82) is 5.26 Å². The molecule has 1 rings (SSSR count). The molecule has 104 valence electrons. The molecule has 1 saturated carbocycles. The highest BCUT2D eigenvalue weighted by Gasteiger charge is 2.36. The SMILES string of the molecule is CCCC(C)CCCC1CC(O)C(C#N)C(F)C1. The summed E-state index contributed by atoms with van der Waals surface area (Å²) in [5.74, 6) is 0.199. The number of nitrogens with zero attached hydrogens (tertiary/aromatic N) is 1. The number of halogens is 1. The Morgan fingerprint density at radius 3 is 2.67 bits per heavy atom. The third kappa shape index (κ3) is 4.57. The molecule has 0 aliphatic heterocycles. The molecule has 2 nitrogen and oxygen atoms in total. The Morgan fingerprint density at radius 1 is 1.39 bits per heavy atom. The second kappa shape index (κ2) is 7.74. The summed E-state index contributed by atoms with van der Waals surface area (Å²) in [7, 11) is 0. The van der Waals surface area contributed by atoms with Crippen LogP contribution in [0.4, 0.5) is 4.39 Å². The molecule has 0 heterocycles. The van der Waals surface area contributed by atoms with Crippen molar-refractivity contribution in [2.24, 2.45) is 17.8 Å². The zero-order chi connectivity index (χ0) is 13.5. The highest BCUT2D eigenvalue weighted by Crippen LogP contribution is 2.34. The molecular weight excluding hydrogens is 229 g/mol. The van der Waals surface area contributed by atoms with E-state index < -0.39 is 18.2 Å². The van der Waals surface area contributed by atoms with Crippen molar-refractivity contribution in [1.82, 2.24) is 0 Å². The minimum atomic E-state index is -1.14. The van der Waals surface area contributed by atoms with Crippen LogP contribution in [0.1, 0.15) is 58.8 Å². The first kappa shape index (κ1) is 15.4. The summed E-state index contributed by atoms with van der Waals surface area (Å²) in [4.78, 5) is 0. The normalized spacial score (nSPS) is 33.9. The van der Waals surface area contributed by atoms with Gasteiger partial charge in [-0.05, 0) is 24.7 Å². The van der Waals surface area contributed by atoms with Crippen LogP contribution < -0.4 is 0 Å². The van der Waals surface area contributed by atoms with Gasteiger partial charge in [-0.15, -0.1) is 0 Å². The first-order chi connectivity index (χ1) is 8.58. The number of rotatable bonds is 6. The largest absolute Gasteiger partial charge is 0.392 e. The van der Waals surface area contributed by atoms with E-state index in [0.717, 1.165) is 18.8 Å². The van der Waals surface area contributed by atoms with Gasteiger partial charge in [-0.1, -0.05) is 46.0 Å². The number of aliphatic hydroxyl groups excluding tert-OH is 1. The molecule has 1 fully saturated rings. The van der Waals surface area contributed by atoms with E-state index in [9.17, 15) is 9.50 Å². The quantitative estimate of drug-likeness (QED) is 0.783. The van der Waals surface area contributed by atoms with Crippen LogP contribution in [0.25, 0.3) is 0 Å². The average Bonchev–Trinajstić information content (AvgIpc) is 2.29. The van der Waals surface area contributed by atoms with Gasteiger partial charge in [0.05, 0.1) is 12.2 Å². The Balaban J connectivity index is 2.26. The van der Waals surface area contributed by atoms with Gasteiger partial charge in [-0.3, -0.25) is 0 Å². The first-order valence-corrected chi connectivity index (χ1v) is 7.30. The number of aliphatic hydroxyl groups is 1. The molecular formula is C15H26FNO. The Labute approximate surface area is 110 Å². The van der Waals surface area contributed by atoms with Crippen LogP contribution >= 0.6 is 0 Å². The van der Waals surface area contributed by atoms with Gasteiger partial charge in [0.15, 0.2) is 0 Å². The van der Waals surface area contributed by atoms with Crippen LogP contribution in [-0.4, -0.2) is 17.4 Å². The first-order valence-electron chi connectivity index (χ1n) is 7.30. The maximum absolute atomic E-state index is 13.7. The Bertz CT molecular complexity index is 264. The van der Waals surface area contributed by atoms with Crippen LogP contribution in [0.2, 0.25) is 0 Å². The van der Waals surface area contributed by atoms with E-state index >= 15 is 0 Å². The van der Waals surface area contributed by atoms with E-state index in [1.54, 1.807) is 0 Å². The number of alkyl halides is 1. The smallest absolute Gasteiger partial charge is 0.119 e. The lowest BCUT2D eigenvalue weighted by atomic mass is 9.77. The van der Waals surface area contributed by atoms with Crippen LogP contribution in [-0.2, 0) is 0 Å². The Kier molecular flexibility index (Phi) is 6.63. The third-order valence-electron chi connectivity index (χ3n) is 4.18. The molecule has 1 aliphatic carbocycles. The van der Waals surface area contributed by atoms with Crippen LogP contribution in [0.5, 0.6) is 0 Å². The molecule has 0 radical (unpaired) electrons. The lowest BCUT2D eigenvalue weighted by Gasteiger charge is -2.32. The summed E-state index contributed by atoms with van der Waals surface area (Å²) < 4.78 is 13.7. The van der Waals surface area contributed by atoms with Crippen molar-refractivity contribution in [2.45, 2.75) is 71.1 Å². The summed E-state index contributed by atoms with van der Waals surface area (Å²) in [5, 5.41) is 18.5. The minimum Gasteiger partial charge on any atom is -0.392 e. The number of hydrogen-bond donors (Lipinski definition) is 1. The van der Waals surface area contributed by atoms with E-state index in [1.165, 1.54) is 19.3 Å². The molecule has 0 amide bonds. The van der Waals surface area contributed by atoms with E-state index in [-0.39, 0.29) is 5.92 Å². The van der Waals surface area contributed by atoms with Gasteiger partial charge in [0.1, 0.15) is 12.1 Å². The fourth-order valence-electron chi connectivity index (χ4n) is 3.09. The standard InChI is InChI=1S/C15H26FNO/c1-3-5-11(2)6-4-7-12-8-14(16)13(10-17)15(18)9-12/h11-15,18H,3-9H2,1-2H3. The zero-order valence-corrected chi connectivity index (χ0v) is 11.6. The van der Waals surface area contributed by atoms with Crippen molar-refractivity contribution in [3.63, 3.8) is 0 Å². The molecule has 18 heavy (non-hydrogen) atoms.